The summed E-state index contributed by atoms with van der Waals surface area (Å²) in [6, 6.07) is 4.83. The smallest absolute Gasteiger partial charge is 0.157 e. The molecular weight excluding hydrogens is 260 g/mol. The van der Waals surface area contributed by atoms with Crippen molar-refractivity contribution in [3.8, 4) is 0 Å². The largest absolute Gasteiger partial charge is 0.367 e. The molecule has 0 aromatic carbocycles. The van der Waals surface area contributed by atoms with E-state index in [1.54, 1.807) is 0 Å². The van der Waals surface area contributed by atoms with Crippen molar-refractivity contribution in [2.75, 3.05) is 5.32 Å². The van der Waals surface area contributed by atoms with E-state index in [-0.39, 0.29) is 5.41 Å². The fraction of sp³-hybridized carbons (Fsp3) is 0.647. The number of anilines is 1. The monoisotopic (exact) mass is 284 g/mol. The van der Waals surface area contributed by atoms with Crippen LogP contribution in [0.3, 0.4) is 0 Å². The van der Waals surface area contributed by atoms with Crippen LogP contribution in [-0.2, 0) is 5.41 Å². The van der Waals surface area contributed by atoms with Crippen molar-refractivity contribution in [1.29, 1.82) is 0 Å². The van der Waals surface area contributed by atoms with Gasteiger partial charge in [0.25, 0.3) is 0 Å². The van der Waals surface area contributed by atoms with Crippen molar-refractivity contribution in [3.05, 3.63) is 24.0 Å². The van der Waals surface area contributed by atoms with E-state index in [9.17, 15) is 0 Å². The van der Waals surface area contributed by atoms with Gasteiger partial charge in [0.05, 0.1) is 11.9 Å². The summed E-state index contributed by atoms with van der Waals surface area (Å²) < 4.78 is 1.95. The zero-order valence-corrected chi connectivity index (χ0v) is 13.0. The third kappa shape index (κ3) is 2.30. The minimum Gasteiger partial charge on any atom is -0.367 e. The van der Waals surface area contributed by atoms with Gasteiger partial charge in [0, 0.05) is 23.6 Å². The predicted molar refractivity (Wildman–Crippen MR) is 84.6 cm³/mol. The Bertz CT molecular complexity index is 648. The molecule has 0 radical (unpaired) electrons. The van der Waals surface area contributed by atoms with Crippen LogP contribution in [0.1, 0.15) is 58.1 Å². The van der Waals surface area contributed by atoms with Crippen LogP contribution in [0.5, 0.6) is 0 Å². The van der Waals surface area contributed by atoms with Crippen molar-refractivity contribution in [2.45, 2.75) is 63.8 Å². The zero-order chi connectivity index (χ0) is 14.4. The second kappa shape index (κ2) is 4.72. The summed E-state index contributed by atoms with van der Waals surface area (Å²) in [5, 5.41) is 8.14. The van der Waals surface area contributed by atoms with Crippen LogP contribution < -0.4 is 5.32 Å². The highest BCUT2D eigenvalue weighted by atomic mass is 15.3. The molecule has 0 saturated heterocycles. The van der Waals surface area contributed by atoms with Gasteiger partial charge in [0.1, 0.15) is 5.82 Å². The van der Waals surface area contributed by atoms with Crippen LogP contribution in [0.25, 0.3) is 5.65 Å². The number of hydrogen-bond donors (Lipinski definition) is 1. The predicted octanol–water partition coefficient (Wildman–Crippen LogP) is 3.77. The Morgan fingerprint density at radius 1 is 1.19 bits per heavy atom. The summed E-state index contributed by atoms with van der Waals surface area (Å²) in [4.78, 5) is 4.86. The zero-order valence-electron chi connectivity index (χ0n) is 13.0. The van der Waals surface area contributed by atoms with Crippen LogP contribution in [0.15, 0.2) is 18.3 Å². The second-order valence-corrected chi connectivity index (χ2v) is 7.25. The molecule has 2 aliphatic carbocycles. The second-order valence-electron chi connectivity index (χ2n) is 7.25. The summed E-state index contributed by atoms with van der Waals surface area (Å²) in [6.45, 7) is 4.67. The molecule has 2 saturated carbocycles. The molecule has 0 spiro atoms. The Balaban J connectivity index is 1.74. The normalized spacial score (nSPS) is 20.3. The molecule has 21 heavy (non-hydrogen) atoms. The lowest BCUT2D eigenvalue weighted by Gasteiger charge is -2.25. The first-order valence-electron chi connectivity index (χ1n) is 8.26. The number of rotatable bonds is 4. The third-order valence-corrected chi connectivity index (χ3v) is 5.32. The van der Waals surface area contributed by atoms with Crippen molar-refractivity contribution < 1.29 is 0 Å². The molecule has 112 valence electrons. The van der Waals surface area contributed by atoms with Crippen molar-refractivity contribution >= 4 is 11.5 Å². The van der Waals surface area contributed by atoms with Crippen molar-refractivity contribution in [3.63, 3.8) is 0 Å². The topological polar surface area (TPSA) is 42.2 Å². The Morgan fingerprint density at radius 2 is 1.95 bits per heavy atom. The van der Waals surface area contributed by atoms with Gasteiger partial charge >= 0.3 is 0 Å². The summed E-state index contributed by atoms with van der Waals surface area (Å²) in [5.74, 6) is 1.90. The quantitative estimate of drug-likeness (QED) is 0.929. The number of aromatic nitrogens is 3. The highest BCUT2D eigenvalue weighted by molar-refractivity contribution is 5.51. The minimum absolute atomic E-state index is 0.165. The molecule has 4 heteroatoms. The molecule has 2 fully saturated rings. The average molecular weight is 284 g/mol. The van der Waals surface area contributed by atoms with Crippen LogP contribution in [-0.4, -0.2) is 20.6 Å². The van der Waals surface area contributed by atoms with E-state index in [1.165, 1.54) is 44.2 Å². The van der Waals surface area contributed by atoms with Crippen molar-refractivity contribution in [1.82, 2.24) is 14.6 Å². The van der Waals surface area contributed by atoms with E-state index < -0.39 is 0 Å². The molecule has 2 aromatic rings. The maximum absolute atomic E-state index is 4.86. The maximum Gasteiger partial charge on any atom is 0.157 e. The Morgan fingerprint density at radius 3 is 2.67 bits per heavy atom. The van der Waals surface area contributed by atoms with Gasteiger partial charge in [-0.3, -0.25) is 0 Å². The lowest BCUT2D eigenvalue weighted by atomic mass is 9.83. The minimum atomic E-state index is 0.165. The average Bonchev–Trinajstić information content (AvgIpc) is 3.01. The highest BCUT2D eigenvalue weighted by Crippen LogP contribution is 2.46. The van der Waals surface area contributed by atoms with Crippen molar-refractivity contribution in [2.24, 2.45) is 5.92 Å². The van der Waals surface area contributed by atoms with Gasteiger partial charge in [-0.25, -0.2) is 4.98 Å². The molecule has 4 rings (SSSR count). The summed E-state index contributed by atoms with van der Waals surface area (Å²) in [5.41, 5.74) is 2.33. The number of hydrogen-bond acceptors (Lipinski definition) is 3. The van der Waals surface area contributed by atoms with Gasteiger partial charge in [0.2, 0.25) is 0 Å². The SMILES string of the molecule is CC(C)(c1cc(NC2CCCC2)n2nccc2n1)C1CC1. The third-order valence-electron chi connectivity index (χ3n) is 5.32. The van der Waals surface area contributed by atoms with Crippen LogP contribution in [0.2, 0.25) is 0 Å². The fourth-order valence-corrected chi connectivity index (χ4v) is 3.64. The van der Waals surface area contributed by atoms with Crippen LogP contribution in [0, 0.1) is 5.92 Å². The fourth-order valence-electron chi connectivity index (χ4n) is 3.64. The molecule has 2 aromatic heterocycles. The van der Waals surface area contributed by atoms with Crippen LogP contribution in [0.4, 0.5) is 5.82 Å². The summed E-state index contributed by atoms with van der Waals surface area (Å²) in [7, 11) is 0. The first-order chi connectivity index (χ1) is 10.1. The van der Waals surface area contributed by atoms with E-state index in [2.05, 4.69) is 30.3 Å². The Labute approximate surface area is 126 Å². The molecule has 0 bridgehead atoms. The molecule has 2 aliphatic rings. The van der Waals surface area contributed by atoms with Crippen LogP contribution >= 0.6 is 0 Å². The summed E-state index contributed by atoms with van der Waals surface area (Å²) in [6.07, 6.45) is 9.74. The molecule has 4 nitrogen and oxygen atoms in total. The van der Waals surface area contributed by atoms with Gasteiger partial charge < -0.3 is 5.32 Å². The van der Waals surface area contributed by atoms with E-state index >= 15 is 0 Å². The van der Waals surface area contributed by atoms with E-state index in [4.69, 9.17) is 4.98 Å². The van der Waals surface area contributed by atoms with Gasteiger partial charge in [0.15, 0.2) is 5.65 Å². The molecule has 0 amide bonds. The number of nitrogens with one attached hydrogen (secondary N) is 1. The molecular formula is C17H24N4. The number of fused-ring (bicyclic) bond motifs is 1. The van der Waals surface area contributed by atoms with E-state index in [1.807, 2.05) is 16.8 Å². The van der Waals surface area contributed by atoms with Gasteiger partial charge in [-0.2, -0.15) is 9.61 Å². The standard InChI is InChI=1S/C17H24N4/c1-17(2,12-7-8-12)14-11-16(19-13-5-3-4-6-13)21-15(20-14)9-10-18-21/h9-13,19H,3-8H2,1-2H3. The Hall–Kier alpha value is -1.58. The lowest BCUT2D eigenvalue weighted by molar-refractivity contribution is 0.441. The summed E-state index contributed by atoms with van der Waals surface area (Å²) >= 11 is 0. The molecule has 1 N–H and O–H groups in total. The molecule has 0 unspecified atom stereocenters. The Kier molecular flexibility index (Phi) is 2.95. The number of nitrogens with zero attached hydrogens (tertiary/aromatic N) is 3. The van der Waals surface area contributed by atoms with E-state index in [0.717, 1.165) is 17.4 Å². The van der Waals surface area contributed by atoms with Gasteiger partial charge in [-0.05, 0) is 31.6 Å². The first kappa shape index (κ1) is 13.1. The maximum atomic E-state index is 4.86. The lowest BCUT2D eigenvalue weighted by Crippen LogP contribution is -2.24. The first-order valence-corrected chi connectivity index (χ1v) is 8.26. The highest BCUT2D eigenvalue weighted by Gasteiger charge is 2.40. The van der Waals surface area contributed by atoms with Gasteiger partial charge in [-0.1, -0.05) is 26.7 Å². The molecule has 0 aliphatic heterocycles. The molecule has 0 atom stereocenters. The van der Waals surface area contributed by atoms with Gasteiger partial charge in [-0.15, -0.1) is 0 Å². The van der Waals surface area contributed by atoms with E-state index in [0.29, 0.717) is 6.04 Å². The molecule has 2 heterocycles.